The van der Waals surface area contributed by atoms with Gasteiger partial charge < -0.3 is 31.2 Å². The summed E-state index contributed by atoms with van der Waals surface area (Å²) in [6.45, 7) is 4.99. The van der Waals surface area contributed by atoms with Crippen molar-refractivity contribution in [1.82, 2.24) is 5.32 Å². The van der Waals surface area contributed by atoms with E-state index in [1.807, 2.05) is 12.1 Å². The monoisotopic (exact) mass is 278 g/mol. The summed E-state index contributed by atoms with van der Waals surface area (Å²) in [5.41, 5.74) is 13.8. The molecule has 1 atom stereocenters. The Hall–Kier alpha value is -1.50. The number of nitrogens with one attached hydrogen (secondary N) is 1. The summed E-state index contributed by atoms with van der Waals surface area (Å²) in [7, 11) is 0. The predicted molar refractivity (Wildman–Crippen MR) is 78.4 cm³/mol. The van der Waals surface area contributed by atoms with Crippen molar-refractivity contribution in [3.63, 3.8) is 0 Å². The average molecular weight is 278 g/mol. The van der Waals surface area contributed by atoms with Crippen LogP contribution in [0.15, 0.2) is 12.1 Å². The molecule has 3 rings (SSSR count). The van der Waals surface area contributed by atoms with Gasteiger partial charge in [0.25, 0.3) is 0 Å². The van der Waals surface area contributed by atoms with E-state index in [9.17, 15) is 0 Å². The minimum Gasteiger partial charge on any atom is -0.486 e. The maximum atomic E-state index is 5.89. The van der Waals surface area contributed by atoms with Crippen LogP contribution in [0.2, 0.25) is 0 Å². The zero-order valence-electron chi connectivity index (χ0n) is 11.6. The molecule has 0 aliphatic carbocycles. The molecule has 2 aliphatic rings. The normalized spacial score (nSPS) is 21.9. The van der Waals surface area contributed by atoms with Crippen molar-refractivity contribution < 1.29 is 9.47 Å². The van der Waals surface area contributed by atoms with Crippen LogP contribution in [0.3, 0.4) is 0 Å². The second kappa shape index (κ2) is 5.87. The number of anilines is 1. The molecule has 1 fully saturated rings. The molecule has 110 valence electrons. The molecule has 0 bridgehead atoms. The van der Waals surface area contributed by atoms with Gasteiger partial charge in [0.05, 0.1) is 5.69 Å². The third-order valence-electron chi connectivity index (χ3n) is 3.84. The first kappa shape index (κ1) is 13.5. The standard InChI is InChI=1S/C14H22N4O2/c15-7-10-1-2-12-14(20-6-5-19-12)13(10)18-4-3-17-11(8-16)9-18/h1-2,11,17H,3-9,15-16H2. The van der Waals surface area contributed by atoms with Gasteiger partial charge in [-0.1, -0.05) is 6.07 Å². The second-order valence-electron chi connectivity index (χ2n) is 5.13. The Morgan fingerprint density at radius 1 is 1.25 bits per heavy atom. The Morgan fingerprint density at radius 2 is 2.10 bits per heavy atom. The lowest BCUT2D eigenvalue weighted by atomic mass is 10.1. The fraction of sp³-hybridized carbons (Fsp3) is 0.571. The third-order valence-corrected chi connectivity index (χ3v) is 3.84. The number of benzene rings is 1. The SMILES string of the molecule is NCc1ccc2c(c1N1CCNC(CN)C1)OCCO2. The Morgan fingerprint density at radius 3 is 2.90 bits per heavy atom. The molecule has 1 unspecified atom stereocenters. The molecule has 1 aromatic carbocycles. The van der Waals surface area contributed by atoms with Crippen molar-refractivity contribution in [2.24, 2.45) is 11.5 Å². The van der Waals surface area contributed by atoms with E-state index in [0.717, 1.165) is 42.4 Å². The van der Waals surface area contributed by atoms with Crippen LogP contribution in [0.5, 0.6) is 11.5 Å². The van der Waals surface area contributed by atoms with Crippen LogP contribution in [0.1, 0.15) is 5.56 Å². The molecule has 0 radical (unpaired) electrons. The Balaban J connectivity index is 1.97. The molecule has 6 nitrogen and oxygen atoms in total. The number of nitrogens with two attached hydrogens (primary N) is 2. The van der Waals surface area contributed by atoms with Gasteiger partial charge in [0, 0.05) is 38.8 Å². The second-order valence-corrected chi connectivity index (χ2v) is 5.13. The summed E-state index contributed by atoms with van der Waals surface area (Å²) in [5.74, 6) is 1.64. The molecule has 1 aromatic rings. The topological polar surface area (TPSA) is 85.8 Å². The zero-order chi connectivity index (χ0) is 13.9. The number of hydrogen-bond donors (Lipinski definition) is 3. The number of fused-ring (bicyclic) bond motifs is 1. The Kier molecular flexibility index (Phi) is 3.95. The van der Waals surface area contributed by atoms with E-state index in [1.54, 1.807) is 0 Å². The lowest BCUT2D eigenvalue weighted by Gasteiger charge is -2.37. The number of piperazine rings is 1. The van der Waals surface area contributed by atoms with Gasteiger partial charge in [0.1, 0.15) is 13.2 Å². The van der Waals surface area contributed by atoms with E-state index in [2.05, 4.69) is 10.2 Å². The molecule has 5 N–H and O–H groups in total. The van der Waals surface area contributed by atoms with Crippen LogP contribution in [0, 0.1) is 0 Å². The molecule has 0 amide bonds. The lowest BCUT2D eigenvalue weighted by molar-refractivity contribution is 0.171. The van der Waals surface area contributed by atoms with Gasteiger partial charge in [-0.05, 0) is 11.6 Å². The first-order valence-corrected chi connectivity index (χ1v) is 7.13. The predicted octanol–water partition coefficient (Wildman–Crippen LogP) is -0.347. The molecular formula is C14H22N4O2. The quantitative estimate of drug-likeness (QED) is 0.701. The van der Waals surface area contributed by atoms with Gasteiger partial charge in [-0.15, -0.1) is 0 Å². The molecule has 2 aliphatic heterocycles. The fourth-order valence-corrected chi connectivity index (χ4v) is 2.84. The molecule has 0 aromatic heterocycles. The van der Waals surface area contributed by atoms with Gasteiger partial charge >= 0.3 is 0 Å². The highest BCUT2D eigenvalue weighted by Gasteiger charge is 2.26. The fourth-order valence-electron chi connectivity index (χ4n) is 2.84. The largest absolute Gasteiger partial charge is 0.486 e. The first-order chi connectivity index (χ1) is 9.83. The number of rotatable bonds is 3. The van der Waals surface area contributed by atoms with Gasteiger partial charge in [0.2, 0.25) is 0 Å². The first-order valence-electron chi connectivity index (χ1n) is 7.13. The molecule has 1 saturated heterocycles. The van der Waals surface area contributed by atoms with Crippen molar-refractivity contribution in [1.29, 1.82) is 0 Å². The highest BCUT2D eigenvalue weighted by Crippen LogP contribution is 2.42. The minimum absolute atomic E-state index is 0.301. The highest BCUT2D eigenvalue weighted by molar-refractivity contribution is 5.70. The van der Waals surface area contributed by atoms with Gasteiger partial charge in [-0.25, -0.2) is 0 Å². The van der Waals surface area contributed by atoms with Crippen molar-refractivity contribution in [3.8, 4) is 11.5 Å². The summed E-state index contributed by atoms with van der Waals surface area (Å²) >= 11 is 0. The average Bonchev–Trinajstić information content (AvgIpc) is 2.53. The zero-order valence-corrected chi connectivity index (χ0v) is 11.6. The van der Waals surface area contributed by atoms with E-state index < -0.39 is 0 Å². The van der Waals surface area contributed by atoms with Crippen LogP contribution in [0.25, 0.3) is 0 Å². The van der Waals surface area contributed by atoms with Crippen molar-refractivity contribution in [2.75, 3.05) is 44.3 Å². The maximum absolute atomic E-state index is 5.89. The van der Waals surface area contributed by atoms with Crippen LogP contribution in [0.4, 0.5) is 5.69 Å². The number of nitrogens with zero attached hydrogens (tertiary/aromatic N) is 1. The summed E-state index contributed by atoms with van der Waals surface area (Å²) in [6.07, 6.45) is 0. The van der Waals surface area contributed by atoms with E-state index >= 15 is 0 Å². The molecule has 0 spiro atoms. The van der Waals surface area contributed by atoms with Crippen LogP contribution < -0.4 is 31.2 Å². The lowest BCUT2D eigenvalue weighted by Crippen LogP contribution is -2.54. The van der Waals surface area contributed by atoms with Crippen molar-refractivity contribution in [2.45, 2.75) is 12.6 Å². The Labute approximate surface area is 119 Å². The smallest absolute Gasteiger partial charge is 0.184 e. The van der Waals surface area contributed by atoms with E-state index in [0.29, 0.717) is 32.3 Å². The summed E-state index contributed by atoms with van der Waals surface area (Å²) < 4.78 is 11.5. The van der Waals surface area contributed by atoms with Gasteiger partial charge in [0.15, 0.2) is 11.5 Å². The van der Waals surface area contributed by atoms with Gasteiger partial charge in [-0.2, -0.15) is 0 Å². The summed E-state index contributed by atoms with van der Waals surface area (Å²) in [4.78, 5) is 2.31. The van der Waals surface area contributed by atoms with E-state index in [-0.39, 0.29) is 0 Å². The number of ether oxygens (including phenoxy) is 2. The summed E-state index contributed by atoms with van der Waals surface area (Å²) in [5, 5.41) is 3.42. The van der Waals surface area contributed by atoms with Crippen molar-refractivity contribution >= 4 is 5.69 Å². The van der Waals surface area contributed by atoms with Crippen molar-refractivity contribution in [3.05, 3.63) is 17.7 Å². The molecule has 0 saturated carbocycles. The molecular weight excluding hydrogens is 256 g/mol. The maximum Gasteiger partial charge on any atom is 0.184 e. The van der Waals surface area contributed by atoms with Gasteiger partial charge in [-0.3, -0.25) is 0 Å². The van der Waals surface area contributed by atoms with Crippen LogP contribution in [-0.2, 0) is 6.54 Å². The number of hydrogen-bond acceptors (Lipinski definition) is 6. The molecule has 20 heavy (non-hydrogen) atoms. The summed E-state index contributed by atoms with van der Waals surface area (Å²) in [6, 6.07) is 4.28. The molecule has 2 heterocycles. The van der Waals surface area contributed by atoms with E-state index in [4.69, 9.17) is 20.9 Å². The van der Waals surface area contributed by atoms with Crippen LogP contribution in [-0.4, -0.2) is 45.4 Å². The molecule has 6 heteroatoms. The highest BCUT2D eigenvalue weighted by atomic mass is 16.6. The van der Waals surface area contributed by atoms with Crippen LogP contribution >= 0.6 is 0 Å². The van der Waals surface area contributed by atoms with E-state index in [1.165, 1.54) is 0 Å². The Bertz CT molecular complexity index is 480. The third kappa shape index (κ3) is 2.42. The minimum atomic E-state index is 0.301.